The van der Waals surface area contributed by atoms with Gasteiger partial charge in [-0.15, -0.1) is 0 Å². The van der Waals surface area contributed by atoms with Crippen LogP contribution in [0, 0.1) is 0 Å². The van der Waals surface area contributed by atoms with Gasteiger partial charge >= 0.3 is 6.09 Å². The molecule has 1 N–H and O–H groups in total. The first-order valence-corrected chi connectivity index (χ1v) is 7.32. The smallest absolute Gasteiger partial charge is 0.407 e. The lowest BCUT2D eigenvalue weighted by molar-refractivity contribution is -0.0105. The molecule has 106 valence electrons. The molecule has 7 heteroatoms. The Labute approximate surface area is 110 Å². The van der Waals surface area contributed by atoms with E-state index in [9.17, 15) is 9.00 Å². The van der Waals surface area contributed by atoms with Gasteiger partial charge in [0.2, 0.25) is 0 Å². The molecule has 0 bridgehead atoms. The number of carbonyl (C=O) groups is 1. The molecule has 1 rings (SSSR count). The van der Waals surface area contributed by atoms with Crippen molar-refractivity contribution < 1.29 is 22.7 Å². The van der Waals surface area contributed by atoms with Crippen LogP contribution in [-0.2, 0) is 24.7 Å². The highest BCUT2D eigenvalue weighted by Crippen LogP contribution is 2.13. The third-order valence-electron chi connectivity index (χ3n) is 2.16. The summed E-state index contributed by atoms with van der Waals surface area (Å²) in [6.45, 7) is 6.21. The average Bonchev–Trinajstić information content (AvgIpc) is 2.13. The van der Waals surface area contributed by atoms with Gasteiger partial charge in [0.05, 0.1) is 19.3 Å². The van der Waals surface area contributed by atoms with Crippen molar-refractivity contribution in [2.75, 3.05) is 19.5 Å². The summed E-state index contributed by atoms with van der Waals surface area (Å²) >= 11 is -1.33. The van der Waals surface area contributed by atoms with Crippen LogP contribution in [0.3, 0.4) is 0 Å². The molecule has 1 aliphatic rings. The average molecular weight is 279 g/mol. The molecule has 0 aliphatic carbocycles. The van der Waals surface area contributed by atoms with E-state index in [1.807, 2.05) is 0 Å². The number of alkyl carbamates (subject to hydrolysis) is 1. The number of carbonyl (C=O) groups excluding carboxylic acids is 1. The van der Waals surface area contributed by atoms with Crippen molar-refractivity contribution in [3.8, 4) is 0 Å². The minimum Gasteiger partial charge on any atom is -0.444 e. The minimum absolute atomic E-state index is 0.179. The first-order valence-electron chi connectivity index (χ1n) is 5.84. The van der Waals surface area contributed by atoms with Gasteiger partial charge in [-0.25, -0.2) is 9.00 Å². The van der Waals surface area contributed by atoms with E-state index in [0.29, 0.717) is 19.6 Å². The molecule has 3 atom stereocenters. The summed E-state index contributed by atoms with van der Waals surface area (Å²) in [5, 5.41) is 2.71. The predicted molar refractivity (Wildman–Crippen MR) is 67.5 cm³/mol. The topological polar surface area (TPSA) is 73.9 Å². The number of amides is 1. The second kappa shape index (κ2) is 6.49. The number of hydrogen-bond acceptors (Lipinski definition) is 5. The van der Waals surface area contributed by atoms with E-state index < -0.39 is 22.8 Å². The van der Waals surface area contributed by atoms with Crippen molar-refractivity contribution in [3.63, 3.8) is 0 Å². The molecule has 6 nitrogen and oxygen atoms in total. The molecule has 0 saturated carbocycles. The van der Waals surface area contributed by atoms with E-state index in [0.717, 1.165) is 0 Å². The van der Waals surface area contributed by atoms with E-state index in [1.165, 1.54) is 6.26 Å². The first kappa shape index (κ1) is 15.4. The summed E-state index contributed by atoms with van der Waals surface area (Å²) in [5.41, 5.74) is -0.527. The second-order valence-electron chi connectivity index (χ2n) is 5.24. The van der Waals surface area contributed by atoms with Gasteiger partial charge < -0.3 is 14.8 Å². The molecular weight excluding hydrogens is 258 g/mol. The fourth-order valence-corrected chi connectivity index (χ4v) is 2.15. The van der Waals surface area contributed by atoms with Gasteiger partial charge in [0.25, 0.3) is 0 Å². The van der Waals surface area contributed by atoms with Crippen LogP contribution in [0.4, 0.5) is 4.79 Å². The zero-order valence-corrected chi connectivity index (χ0v) is 12.0. The molecule has 0 radical (unpaired) electrons. The Morgan fingerprint density at radius 3 is 2.61 bits per heavy atom. The normalized spacial score (nSPS) is 26.4. The van der Waals surface area contributed by atoms with Gasteiger partial charge in [0.15, 0.2) is 11.1 Å². The summed E-state index contributed by atoms with van der Waals surface area (Å²) < 4.78 is 26.6. The molecule has 1 amide bonds. The Kier molecular flexibility index (Phi) is 5.55. The zero-order chi connectivity index (χ0) is 13.8. The number of hydrogen-bond donors (Lipinski definition) is 1. The minimum atomic E-state index is -1.33. The SMILES string of the molecule is CS(=O)OC1COCC(NC(=O)OC(C)(C)C)C1. The van der Waals surface area contributed by atoms with Gasteiger partial charge in [-0.3, -0.25) is 4.18 Å². The standard InChI is InChI=1S/C11H21NO5S/c1-11(2,3)16-10(13)12-8-5-9(7-15-6-8)17-18(4)14/h8-9H,5-7H2,1-4H3,(H,12,13). The van der Waals surface area contributed by atoms with Crippen LogP contribution in [0.2, 0.25) is 0 Å². The molecule has 1 heterocycles. The number of ether oxygens (including phenoxy) is 2. The summed E-state index contributed by atoms with van der Waals surface area (Å²) in [4.78, 5) is 11.6. The molecule has 18 heavy (non-hydrogen) atoms. The van der Waals surface area contributed by atoms with E-state index in [2.05, 4.69) is 5.32 Å². The Bertz CT molecular complexity index is 315. The van der Waals surface area contributed by atoms with Gasteiger partial charge in [-0.1, -0.05) is 0 Å². The molecule has 0 aromatic rings. The Morgan fingerprint density at radius 1 is 1.39 bits per heavy atom. The maximum absolute atomic E-state index is 11.6. The quantitative estimate of drug-likeness (QED) is 0.833. The van der Waals surface area contributed by atoms with Gasteiger partial charge in [0.1, 0.15) is 11.7 Å². The third-order valence-corrected chi connectivity index (χ3v) is 2.71. The van der Waals surface area contributed by atoms with Crippen LogP contribution in [0.15, 0.2) is 0 Å². The molecule has 1 aliphatic heterocycles. The molecule has 0 aromatic carbocycles. The number of nitrogens with one attached hydrogen (secondary N) is 1. The largest absolute Gasteiger partial charge is 0.444 e. The summed E-state index contributed by atoms with van der Waals surface area (Å²) in [5.74, 6) is 0. The molecule has 1 saturated heterocycles. The monoisotopic (exact) mass is 279 g/mol. The lowest BCUT2D eigenvalue weighted by Gasteiger charge is -2.29. The lowest BCUT2D eigenvalue weighted by atomic mass is 10.1. The van der Waals surface area contributed by atoms with Crippen molar-refractivity contribution in [1.29, 1.82) is 0 Å². The van der Waals surface area contributed by atoms with Crippen LogP contribution in [0.5, 0.6) is 0 Å². The lowest BCUT2D eigenvalue weighted by Crippen LogP contribution is -2.47. The van der Waals surface area contributed by atoms with Gasteiger partial charge in [-0.05, 0) is 27.2 Å². The van der Waals surface area contributed by atoms with Crippen molar-refractivity contribution in [2.24, 2.45) is 0 Å². The fraction of sp³-hybridized carbons (Fsp3) is 0.909. The van der Waals surface area contributed by atoms with E-state index in [1.54, 1.807) is 20.8 Å². The van der Waals surface area contributed by atoms with Gasteiger partial charge in [0, 0.05) is 6.26 Å². The van der Waals surface area contributed by atoms with Crippen LogP contribution in [0.25, 0.3) is 0 Å². The van der Waals surface area contributed by atoms with Crippen molar-refractivity contribution >= 4 is 17.2 Å². The Hall–Kier alpha value is -0.660. The van der Waals surface area contributed by atoms with Gasteiger partial charge in [-0.2, -0.15) is 0 Å². The number of rotatable bonds is 3. The molecule has 0 aromatic heterocycles. The second-order valence-corrected chi connectivity index (χ2v) is 6.23. The molecule has 1 fully saturated rings. The van der Waals surface area contributed by atoms with Crippen LogP contribution in [-0.4, -0.2) is 47.5 Å². The van der Waals surface area contributed by atoms with E-state index in [-0.39, 0.29) is 12.1 Å². The maximum Gasteiger partial charge on any atom is 0.407 e. The van der Waals surface area contributed by atoms with Crippen LogP contribution < -0.4 is 5.32 Å². The predicted octanol–water partition coefficient (Wildman–Crippen LogP) is 0.979. The third kappa shape index (κ3) is 6.32. The Balaban J connectivity index is 2.38. The van der Waals surface area contributed by atoms with Crippen molar-refractivity contribution in [3.05, 3.63) is 0 Å². The fourth-order valence-electron chi connectivity index (χ4n) is 1.63. The molecule has 0 spiro atoms. The summed E-state index contributed by atoms with van der Waals surface area (Å²) in [6.07, 6.45) is 1.29. The van der Waals surface area contributed by atoms with Crippen molar-refractivity contribution in [1.82, 2.24) is 5.32 Å². The van der Waals surface area contributed by atoms with E-state index >= 15 is 0 Å². The highest BCUT2D eigenvalue weighted by atomic mass is 32.2. The van der Waals surface area contributed by atoms with E-state index in [4.69, 9.17) is 13.7 Å². The highest BCUT2D eigenvalue weighted by molar-refractivity contribution is 7.79. The van der Waals surface area contributed by atoms with Crippen LogP contribution >= 0.6 is 0 Å². The zero-order valence-electron chi connectivity index (χ0n) is 11.2. The Morgan fingerprint density at radius 2 is 2.06 bits per heavy atom. The first-order chi connectivity index (χ1) is 8.26. The highest BCUT2D eigenvalue weighted by Gasteiger charge is 2.27. The molecular formula is C11H21NO5S. The van der Waals surface area contributed by atoms with Crippen LogP contribution in [0.1, 0.15) is 27.2 Å². The summed E-state index contributed by atoms with van der Waals surface area (Å²) in [6, 6.07) is -0.179. The summed E-state index contributed by atoms with van der Waals surface area (Å²) in [7, 11) is 0. The maximum atomic E-state index is 11.6. The van der Waals surface area contributed by atoms with Crippen molar-refractivity contribution in [2.45, 2.75) is 44.9 Å². The molecule has 3 unspecified atom stereocenters.